The molecule has 0 spiro atoms. The van der Waals surface area contributed by atoms with Crippen molar-refractivity contribution in [3.63, 3.8) is 0 Å². The summed E-state index contributed by atoms with van der Waals surface area (Å²) in [5.74, 6) is -0.0750. The lowest BCUT2D eigenvalue weighted by molar-refractivity contribution is 0.0696. The van der Waals surface area contributed by atoms with Gasteiger partial charge in [-0.25, -0.2) is 4.79 Å². The Hall–Kier alpha value is -1.51. The molecule has 3 nitrogen and oxygen atoms in total. The molecule has 0 fully saturated rings. The van der Waals surface area contributed by atoms with Crippen molar-refractivity contribution >= 4 is 5.97 Å². The number of carbonyl (C=O) groups is 1. The average Bonchev–Trinajstić information content (AvgIpc) is 2.28. The Bertz CT molecular complexity index is 383. The Morgan fingerprint density at radius 2 is 1.71 bits per heavy atom. The summed E-state index contributed by atoms with van der Waals surface area (Å²) in [5.41, 5.74) is 2.08. The zero-order valence-corrected chi connectivity index (χ0v) is 10.9. The fourth-order valence-corrected chi connectivity index (χ4v) is 1.88. The first kappa shape index (κ1) is 13.6. The molecule has 0 aliphatic carbocycles. The quantitative estimate of drug-likeness (QED) is 0.850. The fourth-order valence-electron chi connectivity index (χ4n) is 1.88. The van der Waals surface area contributed by atoms with Gasteiger partial charge in [-0.15, -0.1) is 0 Å². The molecule has 0 amide bonds. The zero-order chi connectivity index (χ0) is 13.0. The lowest BCUT2D eigenvalue weighted by Gasteiger charge is -2.19. The van der Waals surface area contributed by atoms with Crippen molar-refractivity contribution in [2.75, 3.05) is 0 Å². The van der Waals surface area contributed by atoms with E-state index in [1.807, 2.05) is 13.8 Å². The second kappa shape index (κ2) is 5.71. The van der Waals surface area contributed by atoms with Crippen molar-refractivity contribution in [3.05, 3.63) is 28.8 Å². The number of hydrogen-bond donors (Lipinski definition) is 1. The molecule has 0 atom stereocenters. The summed E-state index contributed by atoms with van der Waals surface area (Å²) in [6.45, 7) is 7.95. The van der Waals surface area contributed by atoms with Crippen LogP contribution < -0.4 is 4.74 Å². The number of rotatable bonds is 5. The molecule has 0 saturated heterocycles. The third-order valence-corrected chi connectivity index (χ3v) is 2.90. The van der Waals surface area contributed by atoms with Crippen LogP contribution in [-0.4, -0.2) is 17.2 Å². The Morgan fingerprint density at radius 1 is 1.24 bits per heavy atom. The molecule has 0 aliphatic heterocycles. The van der Waals surface area contributed by atoms with Gasteiger partial charge >= 0.3 is 5.97 Å². The molecule has 17 heavy (non-hydrogen) atoms. The number of aryl methyl sites for hydroxylation is 2. The van der Waals surface area contributed by atoms with E-state index >= 15 is 0 Å². The van der Waals surface area contributed by atoms with Crippen molar-refractivity contribution in [2.24, 2.45) is 0 Å². The van der Waals surface area contributed by atoms with E-state index < -0.39 is 5.97 Å². The van der Waals surface area contributed by atoms with Crippen LogP contribution in [0.2, 0.25) is 0 Å². The Balaban J connectivity index is 3.05. The van der Waals surface area contributed by atoms with Gasteiger partial charge in [0.15, 0.2) is 0 Å². The molecule has 1 N–H and O–H groups in total. The van der Waals surface area contributed by atoms with E-state index in [2.05, 4.69) is 13.8 Å². The van der Waals surface area contributed by atoms with Crippen molar-refractivity contribution in [1.82, 2.24) is 0 Å². The third kappa shape index (κ3) is 3.22. The molecule has 0 heterocycles. The van der Waals surface area contributed by atoms with E-state index in [1.54, 1.807) is 12.1 Å². The molecule has 0 aromatic heterocycles. The largest absolute Gasteiger partial charge is 0.490 e. The number of carboxylic acids is 1. The standard InChI is InChI=1S/C14H20O3/c1-5-12(6-2)17-13-9(3)7-11(14(15)16)8-10(13)4/h7-8,12H,5-6H2,1-4H3,(H,15,16). The van der Waals surface area contributed by atoms with E-state index in [0.29, 0.717) is 5.56 Å². The predicted octanol–water partition coefficient (Wildman–Crippen LogP) is 3.57. The average molecular weight is 236 g/mol. The van der Waals surface area contributed by atoms with Crippen LogP contribution in [0, 0.1) is 13.8 Å². The molecular weight excluding hydrogens is 216 g/mol. The van der Waals surface area contributed by atoms with Crippen molar-refractivity contribution in [3.8, 4) is 5.75 Å². The van der Waals surface area contributed by atoms with Gasteiger partial charge in [-0.3, -0.25) is 0 Å². The van der Waals surface area contributed by atoms with Crippen molar-refractivity contribution in [2.45, 2.75) is 46.6 Å². The maximum absolute atomic E-state index is 10.9. The van der Waals surface area contributed by atoms with Crippen LogP contribution in [0.5, 0.6) is 5.75 Å². The van der Waals surface area contributed by atoms with Crippen LogP contribution in [0.1, 0.15) is 48.2 Å². The highest BCUT2D eigenvalue weighted by molar-refractivity contribution is 5.88. The summed E-state index contributed by atoms with van der Waals surface area (Å²) in [5, 5.41) is 8.96. The predicted molar refractivity (Wildman–Crippen MR) is 67.9 cm³/mol. The maximum Gasteiger partial charge on any atom is 0.335 e. The van der Waals surface area contributed by atoms with Crippen molar-refractivity contribution < 1.29 is 14.6 Å². The SMILES string of the molecule is CCC(CC)Oc1c(C)cc(C(=O)O)cc1C. The Kier molecular flexibility index (Phi) is 4.55. The second-order valence-electron chi connectivity index (χ2n) is 4.30. The van der Waals surface area contributed by atoms with Crippen LogP contribution >= 0.6 is 0 Å². The van der Waals surface area contributed by atoms with E-state index in [-0.39, 0.29) is 6.10 Å². The topological polar surface area (TPSA) is 46.5 Å². The molecule has 0 unspecified atom stereocenters. The van der Waals surface area contributed by atoms with Gasteiger partial charge in [0.1, 0.15) is 5.75 Å². The summed E-state index contributed by atoms with van der Waals surface area (Å²) in [7, 11) is 0. The molecule has 1 aromatic rings. The van der Waals surface area contributed by atoms with Crippen LogP contribution in [0.3, 0.4) is 0 Å². The summed E-state index contributed by atoms with van der Waals surface area (Å²) in [4.78, 5) is 10.9. The molecule has 3 heteroatoms. The van der Waals surface area contributed by atoms with Crippen LogP contribution in [0.15, 0.2) is 12.1 Å². The molecule has 0 aliphatic rings. The molecule has 0 saturated carbocycles. The minimum Gasteiger partial charge on any atom is -0.490 e. The van der Waals surface area contributed by atoms with E-state index in [0.717, 1.165) is 29.7 Å². The monoisotopic (exact) mass is 236 g/mol. The lowest BCUT2D eigenvalue weighted by atomic mass is 10.1. The molecule has 1 aromatic carbocycles. The van der Waals surface area contributed by atoms with Gasteiger partial charge in [-0.2, -0.15) is 0 Å². The number of hydrogen-bond acceptors (Lipinski definition) is 2. The first-order valence-electron chi connectivity index (χ1n) is 6.00. The maximum atomic E-state index is 10.9. The normalized spacial score (nSPS) is 10.6. The van der Waals surface area contributed by atoms with Crippen LogP contribution in [0.25, 0.3) is 0 Å². The summed E-state index contributed by atoms with van der Waals surface area (Å²) in [6, 6.07) is 3.32. The smallest absolute Gasteiger partial charge is 0.335 e. The number of carboxylic acid groups (broad SMARTS) is 1. The van der Waals surface area contributed by atoms with Gasteiger partial charge in [0.05, 0.1) is 11.7 Å². The first-order valence-corrected chi connectivity index (χ1v) is 6.00. The number of benzene rings is 1. The number of aromatic carboxylic acids is 1. The molecule has 94 valence electrons. The van der Waals surface area contributed by atoms with Gasteiger partial charge in [-0.05, 0) is 49.9 Å². The molecular formula is C14H20O3. The van der Waals surface area contributed by atoms with Gasteiger partial charge in [0, 0.05) is 0 Å². The minimum absolute atomic E-state index is 0.197. The van der Waals surface area contributed by atoms with E-state index in [4.69, 9.17) is 9.84 Å². The summed E-state index contributed by atoms with van der Waals surface area (Å²) < 4.78 is 5.92. The van der Waals surface area contributed by atoms with Gasteiger partial charge in [0.2, 0.25) is 0 Å². The highest BCUT2D eigenvalue weighted by Gasteiger charge is 2.13. The van der Waals surface area contributed by atoms with Gasteiger partial charge in [0.25, 0.3) is 0 Å². The van der Waals surface area contributed by atoms with Crippen LogP contribution in [0.4, 0.5) is 0 Å². The molecule has 0 bridgehead atoms. The minimum atomic E-state index is -0.898. The fraction of sp³-hybridized carbons (Fsp3) is 0.500. The van der Waals surface area contributed by atoms with Crippen LogP contribution in [-0.2, 0) is 0 Å². The van der Waals surface area contributed by atoms with Gasteiger partial charge < -0.3 is 9.84 Å². The van der Waals surface area contributed by atoms with Gasteiger partial charge in [-0.1, -0.05) is 13.8 Å². The van der Waals surface area contributed by atoms with Crippen molar-refractivity contribution in [1.29, 1.82) is 0 Å². The third-order valence-electron chi connectivity index (χ3n) is 2.90. The number of ether oxygens (including phenoxy) is 1. The lowest BCUT2D eigenvalue weighted by Crippen LogP contribution is -2.15. The first-order chi connectivity index (χ1) is 7.99. The zero-order valence-electron chi connectivity index (χ0n) is 10.9. The van der Waals surface area contributed by atoms with E-state index in [9.17, 15) is 4.79 Å². The highest BCUT2D eigenvalue weighted by atomic mass is 16.5. The molecule has 0 radical (unpaired) electrons. The summed E-state index contributed by atoms with van der Waals surface area (Å²) in [6.07, 6.45) is 2.11. The van der Waals surface area contributed by atoms with E-state index in [1.165, 1.54) is 0 Å². The summed E-state index contributed by atoms with van der Waals surface area (Å²) >= 11 is 0. The molecule has 1 rings (SSSR count). The Labute approximate surface area is 102 Å². The highest BCUT2D eigenvalue weighted by Crippen LogP contribution is 2.27. The second-order valence-corrected chi connectivity index (χ2v) is 4.30. The Morgan fingerprint density at radius 3 is 2.06 bits per heavy atom.